The summed E-state index contributed by atoms with van der Waals surface area (Å²) in [5.74, 6) is -0.190. The smallest absolute Gasteiger partial charge is 0.259 e. The SMILES string of the molecule is CN(C)c1ccc(C=NNC(=O)CNc2ccccc2)cc1. The monoisotopic (exact) mass is 296 g/mol. The highest BCUT2D eigenvalue weighted by atomic mass is 16.2. The average molecular weight is 296 g/mol. The minimum atomic E-state index is -0.190. The highest BCUT2D eigenvalue weighted by Gasteiger charge is 1.99. The third-order valence-electron chi connectivity index (χ3n) is 3.04. The normalized spacial score (nSPS) is 10.5. The molecule has 0 aromatic heterocycles. The van der Waals surface area contributed by atoms with Gasteiger partial charge in [0.2, 0.25) is 0 Å². The van der Waals surface area contributed by atoms with Crippen LogP contribution in [0.3, 0.4) is 0 Å². The summed E-state index contributed by atoms with van der Waals surface area (Å²) in [4.78, 5) is 13.7. The molecule has 114 valence electrons. The average Bonchev–Trinajstić information content (AvgIpc) is 2.54. The molecule has 0 aliphatic heterocycles. The molecule has 0 fully saturated rings. The molecule has 0 saturated carbocycles. The second-order valence-corrected chi connectivity index (χ2v) is 5.00. The Morgan fingerprint density at radius 1 is 1.09 bits per heavy atom. The summed E-state index contributed by atoms with van der Waals surface area (Å²) in [5, 5.41) is 6.97. The van der Waals surface area contributed by atoms with Crippen LogP contribution in [0.5, 0.6) is 0 Å². The molecule has 0 heterocycles. The van der Waals surface area contributed by atoms with Gasteiger partial charge in [-0.1, -0.05) is 30.3 Å². The van der Waals surface area contributed by atoms with E-state index in [9.17, 15) is 4.79 Å². The Labute approximate surface area is 130 Å². The molecule has 0 radical (unpaired) electrons. The molecule has 2 aromatic carbocycles. The Morgan fingerprint density at radius 2 is 1.77 bits per heavy atom. The number of amides is 1. The molecule has 2 aromatic rings. The van der Waals surface area contributed by atoms with Crippen LogP contribution in [0, 0.1) is 0 Å². The Balaban J connectivity index is 1.78. The van der Waals surface area contributed by atoms with Crippen LogP contribution >= 0.6 is 0 Å². The molecule has 2 rings (SSSR count). The molecule has 0 atom stereocenters. The lowest BCUT2D eigenvalue weighted by Crippen LogP contribution is -2.25. The first-order valence-corrected chi connectivity index (χ1v) is 7.03. The Hall–Kier alpha value is -2.82. The molecule has 0 bridgehead atoms. The van der Waals surface area contributed by atoms with Crippen LogP contribution in [0.4, 0.5) is 11.4 Å². The van der Waals surface area contributed by atoms with Gasteiger partial charge in [0, 0.05) is 25.5 Å². The molecule has 0 aliphatic carbocycles. The largest absolute Gasteiger partial charge is 0.378 e. The molecule has 22 heavy (non-hydrogen) atoms. The van der Waals surface area contributed by atoms with E-state index < -0.39 is 0 Å². The molecule has 5 nitrogen and oxygen atoms in total. The van der Waals surface area contributed by atoms with Crippen LogP contribution in [-0.2, 0) is 4.79 Å². The summed E-state index contributed by atoms with van der Waals surface area (Å²) in [5.41, 5.74) is 5.45. The molecule has 5 heteroatoms. The van der Waals surface area contributed by atoms with Gasteiger partial charge in [0.1, 0.15) is 0 Å². The summed E-state index contributed by atoms with van der Waals surface area (Å²) in [6, 6.07) is 17.5. The molecular weight excluding hydrogens is 276 g/mol. The maximum Gasteiger partial charge on any atom is 0.259 e. The number of hydrazone groups is 1. The quantitative estimate of drug-likeness (QED) is 0.635. The van der Waals surface area contributed by atoms with Crippen molar-refractivity contribution < 1.29 is 4.79 Å². The van der Waals surface area contributed by atoms with E-state index in [1.165, 1.54) is 0 Å². The Kier molecular flexibility index (Phi) is 5.54. The third-order valence-corrected chi connectivity index (χ3v) is 3.04. The fourth-order valence-electron chi connectivity index (χ4n) is 1.82. The number of nitrogens with zero attached hydrogens (tertiary/aromatic N) is 2. The van der Waals surface area contributed by atoms with E-state index in [1.807, 2.05) is 73.6 Å². The predicted molar refractivity (Wildman–Crippen MR) is 91.4 cm³/mol. The number of hydrogen-bond acceptors (Lipinski definition) is 4. The number of benzene rings is 2. The third kappa shape index (κ3) is 4.94. The Morgan fingerprint density at radius 3 is 2.41 bits per heavy atom. The summed E-state index contributed by atoms with van der Waals surface area (Å²) in [6.07, 6.45) is 1.62. The first-order chi connectivity index (χ1) is 10.6. The van der Waals surface area contributed by atoms with E-state index in [4.69, 9.17) is 0 Å². The maximum absolute atomic E-state index is 11.7. The standard InChI is InChI=1S/C17H20N4O/c1-21(2)16-10-8-14(9-11-16)12-19-20-17(22)13-18-15-6-4-3-5-7-15/h3-12,18H,13H2,1-2H3,(H,20,22). The second-order valence-electron chi connectivity index (χ2n) is 5.00. The van der Waals surface area contributed by atoms with E-state index >= 15 is 0 Å². The van der Waals surface area contributed by atoms with Gasteiger partial charge in [-0.25, -0.2) is 5.43 Å². The van der Waals surface area contributed by atoms with Crippen LogP contribution in [0.15, 0.2) is 59.7 Å². The van der Waals surface area contributed by atoms with Gasteiger partial charge in [-0.3, -0.25) is 4.79 Å². The minimum Gasteiger partial charge on any atom is -0.378 e. The van der Waals surface area contributed by atoms with Crippen LogP contribution < -0.4 is 15.6 Å². The van der Waals surface area contributed by atoms with Crippen molar-refractivity contribution in [3.63, 3.8) is 0 Å². The number of anilines is 2. The molecular formula is C17H20N4O. The molecule has 0 unspecified atom stereocenters. The van der Waals surface area contributed by atoms with Gasteiger partial charge >= 0.3 is 0 Å². The lowest BCUT2D eigenvalue weighted by atomic mass is 10.2. The van der Waals surface area contributed by atoms with Crippen molar-refractivity contribution in [1.29, 1.82) is 0 Å². The molecule has 0 aliphatic rings. The topological polar surface area (TPSA) is 56.7 Å². The first kappa shape index (κ1) is 15.6. The van der Waals surface area contributed by atoms with Gasteiger partial charge in [0.05, 0.1) is 12.8 Å². The number of nitrogens with one attached hydrogen (secondary N) is 2. The van der Waals surface area contributed by atoms with Crippen molar-refractivity contribution in [1.82, 2.24) is 5.43 Å². The lowest BCUT2D eigenvalue weighted by Gasteiger charge is -2.11. The summed E-state index contributed by atoms with van der Waals surface area (Å²) in [7, 11) is 3.98. The number of rotatable bonds is 6. The van der Waals surface area contributed by atoms with Crippen molar-refractivity contribution in [2.75, 3.05) is 30.9 Å². The van der Waals surface area contributed by atoms with E-state index in [-0.39, 0.29) is 12.5 Å². The van der Waals surface area contributed by atoms with Gasteiger partial charge in [-0.05, 0) is 29.8 Å². The van der Waals surface area contributed by atoms with Crippen LogP contribution in [0.1, 0.15) is 5.56 Å². The van der Waals surface area contributed by atoms with Crippen molar-refractivity contribution in [3.05, 3.63) is 60.2 Å². The van der Waals surface area contributed by atoms with Gasteiger partial charge in [-0.2, -0.15) is 5.10 Å². The highest BCUT2D eigenvalue weighted by molar-refractivity contribution is 5.84. The summed E-state index contributed by atoms with van der Waals surface area (Å²) >= 11 is 0. The summed E-state index contributed by atoms with van der Waals surface area (Å²) < 4.78 is 0. The Bertz CT molecular complexity index is 621. The zero-order valence-electron chi connectivity index (χ0n) is 12.8. The van der Waals surface area contributed by atoms with Crippen LogP contribution in [0.25, 0.3) is 0 Å². The van der Waals surface area contributed by atoms with E-state index in [2.05, 4.69) is 15.8 Å². The summed E-state index contributed by atoms with van der Waals surface area (Å²) in [6.45, 7) is 0.181. The zero-order chi connectivity index (χ0) is 15.8. The fraction of sp³-hybridized carbons (Fsp3) is 0.176. The molecule has 0 saturated heterocycles. The van der Waals surface area contributed by atoms with E-state index in [0.717, 1.165) is 16.9 Å². The maximum atomic E-state index is 11.7. The van der Waals surface area contributed by atoms with Crippen LogP contribution in [0.2, 0.25) is 0 Å². The molecule has 0 spiro atoms. The van der Waals surface area contributed by atoms with Gasteiger partial charge in [0.15, 0.2) is 0 Å². The number of carbonyl (C=O) groups excluding carboxylic acids is 1. The molecule has 1 amide bonds. The number of para-hydroxylation sites is 1. The highest BCUT2D eigenvalue weighted by Crippen LogP contribution is 2.10. The number of carbonyl (C=O) groups is 1. The first-order valence-electron chi connectivity index (χ1n) is 7.03. The molecule has 2 N–H and O–H groups in total. The van der Waals surface area contributed by atoms with Crippen molar-refractivity contribution in [2.45, 2.75) is 0 Å². The lowest BCUT2D eigenvalue weighted by molar-refractivity contribution is -0.119. The fourth-order valence-corrected chi connectivity index (χ4v) is 1.82. The van der Waals surface area contributed by atoms with Gasteiger partial charge in [0.25, 0.3) is 5.91 Å². The van der Waals surface area contributed by atoms with Crippen molar-refractivity contribution in [3.8, 4) is 0 Å². The van der Waals surface area contributed by atoms with E-state index in [0.29, 0.717) is 0 Å². The zero-order valence-corrected chi connectivity index (χ0v) is 12.8. The number of hydrogen-bond donors (Lipinski definition) is 2. The van der Waals surface area contributed by atoms with Gasteiger partial charge < -0.3 is 10.2 Å². The van der Waals surface area contributed by atoms with Crippen LogP contribution in [-0.4, -0.2) is 32.8 Å². The minimum absolute atomic E-state index is 0.181. The van der Waals surface area contributed by atoms with Crippen molar-refractivity contribution >= 4 is 23.5 Å². The van der Waals surface area contributed by atoms with Crippen molar-refractivity contribution in [2.24, 2.45) is 5.10 Å². The second kappa shape index (κ2) is 7.83. The van der Waals surface area contributed by atoms with Gasteiger partial charge in [-0.15, -0.1) is 0 Å². The predicted octanol–water partition coefficient (Wildman–Crippen LogP) is 2.31. The van der Waals surface area contributed by atoms with E-state index in [1.54, 1.807) is 6.21 Å².